The van der Waals surface area contributed by atoms with Crippen LogP contribution in [0.15, 0.2) is 28.3 Å². The lowest BCUT2D eigenvalue weighted by atomic mass is 9.86. The lowest BCUT2D eigenvalue weighted by Gasteiger charge is -2.37. The van der Waals surface area contributed by atoms with E-state index in [4.69, 9.17) is 4.74 Å². The number of aryl methyl sites for hydroxylation is 1. The Balaban J connectivity index is 1.29. The number of anilines is 2. The Labute approximate surface area is 213 Å². The number of rotatable bonds is 4. The first-order chi connectivity index (χ1) is 17.0. The third-order valence-corrected chi connectivity index (χ3v) is 9.07. The number of aliphatic imine (C=N–C) groups is 1. The molecule has 9 heteroatoms. The molecule has 0 radical (unpaired) electrons. The fraction of sp³-hybridized carbons (Fsp3) is 0.462. The number of hydrogen-bond acceptors (Lipinski definition) is 8. The maximum atomic E-state index is 13.4. The van der Waals surface area contributed by atoms with Crippen LogP contribution in [-0.2, 0) is 28.9 Å². The quantitative estimate of drug-likeness (QED) is 0.510. The number of amides is 1. The highest BCUT2D eigenvalue weighted by molar-refractivity contribution is 7.98. The number of hydrogen-bond donors (Lipinski definition) is 1. The Bertz CT molecular complexity index is 1330. The van der Waals surface area contributed by atoms with E-state index in [-0.39, 0.29) is 24.0 Å². The van der Waals surface area contributed by atoms with Crippen molar-refractivity contribution in [2.45, 2.75) is 56.8 Å². The van der Waals surface area contributed by atoms with Gasteiger partial charge in [0.1, 0.15) is 17.0 Å². The minimum atomic E-state index is 0.0246. The second kappa shape index (κ2) is 9.19. The zero-order valence-corrected chi connectivity index (χ0v) is 21.8. The van der Waals surface area contributed by atoms with Gasteiger partial charge in [-0.2, -0.15) is 0 Å². The van der Waals surface area contributed by atoms with Crippen LogP contribution in [0.4, 0.5) is 11.5 Å². The Morgan fingerprint density at radius 3 is 2.86 bits per heavy atom. The van der Waals surface area contributed by atoms with Gasteiger partial charge in [-0.25, -0.2) is 9.97 Å². The molecule has 0 spiro atoms. The van der Waals surface area contributed by atoms with Crippen molar-refractivity contribution in [2.75, 3.05) is 24.7 Å². The highest BCUT2D eigenvalue weighted by Crippen LogP contribution is 2.42. The van der Waals surface area contributed by atoms with E-state index in [1.54, 1.807) is 29.4 Å². The van der Waals surface area contributed by atoms with Gasteiger partial charge in [-0.3, -0.25) is 9.79 Å². The molecule has 1 fully saturated rings. The molecule has 0 unspecified atom stereocenters. The first kappa shape index (κ1) is 22.9. The maximum Gasteiger partial charge on any atom is 0.226 e. The number of benzene rings is 1. The summed E-state index contributed by atoms with van der Waals surface area (Å²) in [6.07, 6.45) is 8.36. The second-order valence-corrected chi connectivity index (χ2v) is 11.6. The average Bonchev–Trinajstić information content (AvgIpc) is 3.46. The molecule has 1 amide bonds. The van der Waals surface area contributed by atoms with E-state index in [0.717, 1.165) is 53.1 Å². The molecule has 2 aromatic heterocycles. The number of nitrogens with zero attached hydrogens (tertiary/aromatic N) is 4. The lowest BCUT2D eigenvalue weighted by Crippen LogP contribution is -2.50. The Kier molecular flexibility index (Phi) is 6.02. The van der Waals surface area contributed by atoms with Crippen molar-refractivity contribution in [3.05, 3.63) is 40.0 Å². The predicted molar refractivity (Wildman–Crippen MR) is 142 cm³/mol. The van der Waals surface area contributed by atoms with Crippen molar-refractivity contribution in [2.24, 2.45) is 10.9 Å². The van der Waals surface area contributed by atoms with E-state index in [1.165, 1.54) is 20.9 Å². The number of thiophene rings is 1. The molecule has 182 valence electrons. The van der Waals surface area contributed by atoms with Crippen LogP contribution in [0, 0.1) is 5.92 Å². The van der Waals surface area contributed by atoms with Crippen LogP contribution < -0.4 is 5.32 Å². The SMILES string of the molecule is CSc1cc2c(cc1Nc1ncnc3sc4c(c13)CC[C@H](C(=O)N1C[C@@H](C)O[C@@H](C)C1)C4)C=NC2. The smallest absolute Gasteiger partial charge is 0.226 e. The number of aromatic nitrogens is 2. The molecule has 2 aliphatic heterocycles. The van der Waals surface area contributed by atoms with E-state index in [9.17, 15) is 4.79 Å². The summed E-state index contributed by atoms with van der Waals surface area (Å²) in [5.74, 6) is 1.14. The van der Waals surface area contributed by atoms with Gasteiger partial charge in [0.25, 0.3) is 0 Å². The van der Waals surface area contributed by atoms with Gasteiger partial charge in [0.2, 0.25) is 5.91 Å². The number of carbonyl (C=O) groups excluding carboxylic acids is 1. The molecule has 3 aliphatic rings. The fourth-order valence-electron chi connectivity index (χ4n) is 5.56. The van der Waals surface area contributed by atoms with Gasteiger partial charge in [-0.05, 0) is 68.2 Å². The van der Waals surface area contributed by atoms with Crippen molar-refractivity contribution >= 4 is 56.9 Å². The van der Waals surface area contributed by atoms with Crippen LogP contribution in [-0.4, -0.2) is 58.5 Å². The van der Waals surface area contributed by atoms with Crippen molar-refractivity contribution in [3.8, 4) is 0 Å². The van der Waals surface area contributed by atoms with E-state index in [1.807, 2.05) is 25.0 Å². The van der Waals surface area contributed by atoms with Crippen molar-refractivity contribution in [1.82, 2.24) is 14.9 Å². The maximum absolute atomic E-state index is 13.4. The summed E-state index contributed by atoms with van der Waals surface area (Å²) in [5, 5.41) is 4.72. The van der Waals surface area contributed by atoms with Crippen LogP contribution in [0.1, 0.15) is 41.8 Å². The lowest BCUT2D eigenvalue weighted by molar-refractivity contribution is -0.147. The molecule has 3 atom stereocenters. The molecule has 1 saturated heterocycles. The van der Waals surface area contributed by atoms with Gasteiger partial charge >= 0.3 is 0 Å². The number of thioether (sulfide) groups is 1. The first-order valence-corrected chi connectivity index (χ1v) is 14.2. The van der Waals surface area contributed by atoms with Gasteiger partial charge in [0.05, 0.1) is 29.8 Å². The van der Waals surface area contributed by atoms with E-state index in [0.29, 0.717) is 13.1 Å². The molecule has 1 aromatic carbocycles. The minimum Gasteiger partial charge on any atom is -0.372 e. The molecular formula is C26H29N5O2S2. The van der Waals surface area contributed by atoms with E-state index >= 15 is 0 Å². The largest absolute Gasteiger partial charge is 0.372 e. The monoisotopic (exact) mass is 507 g/mol. The van der Waals surface area contributed by atoms with Gasteiger partial charge in [-0.15, -0.1) is 23.1 Å². The molecule has 7 nitrogen and oxygen atoms in total. The summed E-state index contributed by atoms with van der Waals surface area (Å²) in [4.78, 5) is 32.5. The molecule has 1 N–H and O–H groups in total. The second-order valence-electron chi connectivity index (χ2n) is 9.69. The molecule has 0 bridgehead atoms. The normalized spacial score (nSPS) is 23.4. The zero-order chi connectivity index (χ0) is 24.1. The molecule has 3 aromatic rings. The third kappa shape index (κ3) is 4.23. The van der Waals surface area contributed by atoms with Crippen LogP contribution in [0.3, 0.4) is 0 Å². The number of ether oxygens (including phenoxy) is 1. The van der Waals surface area contributed by atoms with Crippen molar-refractivity contribution in [3.63, 3.8) is 0 Å². The number of nitrogens with one attached hydrogen (secondary N) is 1. The molecule has 35 heavy (non-hydrogen) atoms. The first-order valence-electron chi connectivity index (χ1n) is 12.2. The number of carbonyl (C=O) groups is 1. The summed E-state index contributed by atoms with van der Waals surface area (Å²) in [7, 11) is 0. The topological polar surface area (TPSA) is 79.7 Å². The third-order valence-electron chi connectivity index (χ3n) is 7.13. The van der Waals surface area contributed by atoms with E-state index in [2.05, 4.69) is 38.7 Å². The molecule has 4 heterocycles. The zero-order valence-electron chi connectivity index (χ0n) is 20.2. The summed E-state index contributed by atoms with van der Waals surface area (Å²) >= 11 is 3.43. The average molecular weight is 508 g/mol. The number of morpholine rings is 1. The molecule has 0 saturated carbocycles. The van der Waals surface area contributed by atoms with Gasteiger partial charge in [0.15, 0.2) is 0 Å². The number of fused-ring (bicyclic) bond motifs is 4. The highest BCUT2D eigenvalue weighted by Gasteiger charge is 2.34. The van der Waals surface area contributed by atoms with Crippen LogP contribution in [0.25, 0.3) is 10.2 Å². The van der Waals surface area contributed by atoms with Crippen LogP contribution >= 0.6 is 23.1 Å². The highest BCUT2D eigenvalue weighted by atomic mass is 32.2. The Morgan fingerprint density at radius 2 is 2.06 bits per heavy atom. The molecule has 1 aliphatic carbocycles. The van der Waals surface area contributed by atoms with Gasteiger partial charge in [-0.1, -0.05) is 0 Å². The predicted octanol–water partition coefficient (Wildman–Crippen LogP) is 4.83. The molecular weight excluding hydrogens is 478 g/mol. The van der Waals surface area contributed by atoms with Crippen LogP contribution in [0.2, 0.25) is 0 Å². The van der Waals surface area contributed by atoms with Gasteiger partial charge < -0.3 is 15.0 Å². The Hall–Kier alpha value is -2.49. The summed E-state index contributed by atoms with van der Waals surface area (Å²) in [5.41, 5.74) is 4.77. The van der Waals surface area contributed by atoms with E-state index < -0.39 is 0 Å². The fourth-order valence-corrected chi connectivity index (χ4v) is 7.42. The Morgan fingerprint density at radius 1 is 1.23 bits per heavy atom. The van der Waals surface area contributed by atoms with Crippen molar-refractivity contribution < 1.29 is 9.53 Å². The van der Waals surface area contributed by atoms with Crippen molar-refractivity contribution in [1.29, 1.82) is 0 Å². The molecule has 6 rings (SSSR count). The summed E-state index contributed by atoms with van der Waals surface area (Å²) in [6, 6.07) is 4.39. The summed E-state index contributed by atoms with van der Waals surface area (Å²) < 4.78 is 5.83. The summed E-state index contributed by atoms with van der Waals surface area (Å²) in [6.45, 7) is 6.21. The minimum absolute atomic E-state index is 0.0246. The standard InChI is InChI=1S/C26H29N5O2S2/c1-14-11-31(12-15(2)33-14)26(32)16-4-5-19-21(7-16)35-25-23(19)24(28-13-29-25)30-20-6-17-9-27-10-18(17)8-22(20)34-3/h6,8-9,13-16H,4-5,7,10-12H2,1-3H3,(H,28,29,30)/t14-,15+,16-/m0/s1. The van der Waals surface area contributed by atoms with Gasteiger partial charge in [0, 0.05) is 35.0 Å². The van der Waals surface area contributed by atoms with Crippen LogP contribution in [0.5, 0.6) is 0 Å².